The van der Waals surface area contributed by atoms with E-state index in [9.17, 15) is 13.6 Å². The quantitative estimate of drug-likeness (QED) is 0.933. The number of amides is 1. The van der Waals surface area contributed by atoms with Gasteiger partial charge in [0.15, 0.2) is 6.10 Å². The van der Waals surface area contributed by atoms with Crippen LogP contribution in [0.2, 0.25) is 0 Å². The van der Waals surface area contributed by atoms with Gasteiger partial charge in [-0.1, -0.05) is 12.1 Å². The molecule has 0 spiro atoms. The van der Waals surface area contributed by atoms with Crippen LogP contribution in [0.3, 0.4) is 0 Å². The highest BCUT2D eigenvalue weighted by Crippen LogP contribution is 2.17. The van der Waals surface area contributed by atoms with E-state index in [4.69, 9.17) is 4.74 Å². The number of carbonyl (C=O) groups is 1. The van der Waals surface area contributed by atoms with E-state index in [1.807, 2.05) is 19.1 Å². The van der Waals surface area contributed by atoms with Crippen LogP contribution < -0.4 is 10.1 Å². The molecule has 0 radical (unpaired) electrons. The Bertz CT molecular complexity index is 658. The molecule has 0 aliphatic carbocycles. The van der Waals surface area contributed by atoms with Gasteiger partial charge in [0.25, 0.3) is 5.91 Å². The summed E-state index contributed by atoms with van der Waals surface area (Å²) in [5.41, 5.74) is 0.788. The Morgan fingerprint density at radius 1 is 1.19 bits per heavy atom. The summed E-state index contributed by atoms with van der Waals surface area (Å²) in [4.78, 5) is 11.9. The number of aryl methyl sites for hydroxylation is 1. The third kappa shape index (κ3) is 4.02. The molecule has 0 unspecified atom stereocenters. The van der Waals surface area contributed by atoms with Crippen molar-refractivity contribution in [3.8, 4) is 5.75 Å². The van der Waals surface area contributed by atoms with Crippen LogP contribution in [0.4, 0.5) is 14.5 Å². The predicted octanol–water partition coefficient (Wildman–Crippen LogP) is 3.68. The van der Waals surface area contributed by atoms with E-state index >= 15 is 0 Å². The van der Waals surface area contributed by atoms with Gasteiger partial charge >= 0.3 is 0 Å². The van der Waals surface area contributed by atoms with Crippen LogP contribution in [0.15, 0.2) is 42.5 Å². The van der Waals surface area contributed by atoms with Gasteiger partial charge in [0.2, 0.25) is 0 Å². The van der Waals surface area contributed by atoms with Crippen LogP contribution in [0.5, 0.6) is 5.75 Å². The number of halogens is 2. The van der Waals surface area contributed by atoms with Crippen LogP contribution in [0.25, 0.3) is 0 Å². The Hall–Kier alpha value is -2.43. The number of hydrogen-bond acceptors (Lipinski definition) is 2. The van der Waals surface area contributed by atoms with Gasteiger partial charge in [-0.25, -0.2) is 8.78 Å². The fourth-order valence-corrected chi connectivity index (χ4v) is 1.77. The molecule has 0 bridgehead atoms. The number of benzene rings is 2. The number of ether oxygens (including phenoxy) is 1. The van der Waals surface area contributed by atoms with Gasteiger partial charge < -0.3 is 10.1 Å². The average molecular weight is 291 g/mol. The van der Waals surface area contributed by atoms with E-state index in [2.05, 4.69) is 5.32 Å². The third-order valence-corrected chi connectivity index (χ3v) is 2.86. The summed E-state index contributed by atoms with van der Waals surface area (Å²) < 4.78 is 32.0. The van der Waals surface area contributed by atoms with E-state index in [0.717, 1.165) is 23.8 Å². The second-order valence-corrected chi connectivity index (χ2v) is 4.69. The first-order valence-corrected chi connectivity index (χ1v) is 6.45. The highest BCUT2D eigenvalue weighted by atomic mass is 19.1. The maximum atomic E-state index is 13.5. The Balaban J connectivity index is 2.04. The molecule has 1 amide bonds. The van der Waals surface area contributed by atoms with Gasteiger partial charge in [0, 0.05) is 6.07 Å². The van der Waals surface area contributed by atoms with Crippen molar-refractivity contribution in [3.63, 3.8) is 0 Å². The second kappa shape index (κ2) is 6.35. The number of hydrogen-bond donors (Lipinski definition) is 1. The zero-order chi connectivity index (χ0) is 15.4. The molecule has 0 saturated carbocycles. The molecule has 3 nitrogen and oxygen atoms in total. The van der Waals surface area contributed by atoms with Gasteiger partial charge in [-0.2, -0.15) is 0 Å². The Morgan fingerprint density at radius 2 is 1.95 bits per heavy atom. The lowest BCUT2D eigenvalue weighted by Gasteiger charge is -2.15. The van der Waals surface area contributed by atoms with Crippen molar-refractivity contribution < 1.29 is 18.3 Å². The molecule has 2 aromatic carbocycles. The van der Waals surface area contributed by atoms with Crippen LogP contribution in [0, 0.1) is 18.6 Å². The monoisotopic (exact) mass is 291 g/mol. The molecule has 2 aromatic rings. The molecule has 2 rings (SSSR count). The zero-order valence-corrected chi connectivity index (χ0v) is 11.7. The van der Waals surface area contributed by atoms with Crippen molar-refractivity contribution >= 4 is 11.6 Å². The van der Waals surface area contributed by atoms with Crippen molar-refractivity contribution in [2.24, 2.45) is 0 Å². The number of nitrogens with one attached hydrogen (secondary N) is 1. The summed E-state index contributed by atoms with van der Waals surface area (Å²) in [5, 5.41) is 2.31. The normalized spacial score (nSPS) is 11.8. The number of rotatable bonds is 4. The summed E-state index contributed by atoms with van der Waals surface area (Å²) in [6.45, 7) is 3.44. The summed E-state index contributed by atoms with van der Waals surface area (Å²) >= 11 is 0. The Labute approximate surface area is 121 Å². The molecule has 0 aliphatic rings. The van der Waals surface area contributed by atoms with E-state index in [0.29, 0.717) is 5.75 Å². The largest absolute Gasteiger partial charge is 0.481 e. The first-order chi connectivity index (χ1) is 9.95. The fraction of sp³-hybridized carbons (Fsp3) is 0.188. The van der Waals surface area contributed by atoms with Crippen LogP contribution >= 0.6 is 0 Å². The molecule has 0 saturated heterocycles. The number of carbonyl (C=O) groups excluding carboxylic acids is 1. The standard InChI is InChI=1S/C16H15F2NO2/c1-10-4-3-5-13(8-10)21-11(2)16(20)19-15-9-12(17)6-7-14(15)18/h3-9,11H,1-2H3,(H,19,20)/t11-/m1/s1. The topological polar surface area (TPSA) is 38.3 Å². The molecule has 0 aliphatic heterocycles. The van der Waals surface area contributed by atoms with E-state index in [1.54, 1.807) is 12.1 Å². The first kappa shape index (κ1) is 15.0. The van der Waals surface area contributed by atoms with E-state index in [-0.39, 0.29) is 5.69 Å². The highest BCUT2D eigenvalue weighted by molar-refractivity contribution is 5.94. The van der Waals surface area contributed by atoms with Crippen LogP contribution in [-0.4, -0.2) is 12.0 Å². The zero-order valence-electron chi connectivity index (χ0n) is 11.7. The maximum absolute atomic E-state index is 13.5. The molecule has 1 N–H and O–H groups in total. The van der Waals surface area contributed by atoms with Crippen molar-refractivity contribution in [1.29, 1.82) is 0 Å². The lowest BCUT2D eigenvalue weighted by Crippen LogP contribution is -2.30. The number of anilines is 1. The van der Waals surface area contributed by atoms with E-state index < -0.39 is 23.6 Å². The molecule has 1 atom stereocenters. The summed E-state index contributed by atoms with van der Waals surface area (Å²) in [7, 11) is 0. The molecule has 0 fully saturated rings. The molecule has 0 aromatic heterocycles. The maximum Gasteiger partial charge on any atom is 0.265 e. The third-order valence-electron chi connectivity index (χ3n) is 2.86. The van der Waals surface area contributed by atoms with Gasteiger partial charge in [-0.3, -0.25) is 4.79 Å². The molecule has 5 heteroatoms. The summed E-state index contributed by atoms with van der Waals surface area (Å²) in [6, 6.07) is 10.1. The first-order valence-electron chi connectivity index (χ1n) is 6.45. The smallest absolute Gasteiger partial charge is 0.265 e. The van der Waals surface area contributed by atoms with Crippen molar-refractivity contribution in [2.45, 2.75) is 20.0 Å². The SMILES string of the molecule is Cc1cccc(O[C@H](C)C(=O)Nc2cc(F)ccc2F)c1. The van der Waals surface area contributed by atoms with E-state index in [1.165, 1.54) is 6.92 Å². The Kier molecular flexibility index (Phi) is 4.52. The summed E-state index contributed by atoms with van der Waals surface area (Å²) in [6.07, 6.45) is -0.838. The average Bonchev–Trinajstić information content (AvgIpc) is 2.43. The minimum absolute atomic E-state index is 0.209. The van der Waals surface area contributed by atoms with Crippen LogP contribution in [0.1, 0.15) is 12.5 Å². The van der Waals surface area contributed by atoms with Crippen molar-refractivity contribution in [1.82, 2.24) is 0 Å². The molecular formula is C16H15F2NO2. The minimum Gasteiger partial charge on any atom is -0.481 e. The van der Waals surface area contributed by atoms with Crippen molar-refractivity contribution in [3.05, 3.63) is 59.7 Å². The van der Waals surface area contributed by atoms with Crippen LogP contribution in [-0.2, 0) is 4.79 Å². The lowest BCUT2D eigenvalue weighted by atomic mass is 10.2. The predicted molar refractivity (Wildman–Crippen MR) is 76.3 cm³/mol. The van der Waals surface area contributed by atoms with Gasteiger partial charge in [-0.15, -0.1) is 0 Å². The molecule has 110 valence electrons. The fourth-order valence-electron chi connectivity index (χ4n) is 1.77. The lowest BCUT2D eigenvalue weighted by molar-refractivity contribution is -0.122. The molecule has 21 heavy (non-hydrogen) atoms. The summed E-state index contributed by atoms with van der Waals surface area (Å²) in [5.74, 6) is -1.34. The highest BCUT2D eigenvalue weighted by Gasteiger charge is 2.17. The molecule has 0 heterocycles. The minimum atomic E-state index is -0.838. The Morgan fingerprint density at radius 3 is 2.67 bits per heavy atom. The molecular weight excluding hydrogens is 276 g/mol. The second-order valence-electron chi connectivity index (χ2n) is 4.69. The van der Waals surface area contributed by atoms with Gasteiger partial charge in [-0.05, 0) is 43.7 Å². The van der Waals surface area contributed by atoms with Gasteiger partial charge in [0.05, 0.1) is 5.69 Å². The van der Waals surface area contributed by atoms with Gasteiger partial charge in [0.1, 0.15) is 17.4 Å². The van der Waals surface area contributed by atoms with Crippen molar-refractivity contribution in [2.75, 3.05) is 5.32 Å².